The number of hydrogen-bond acceptors (Lipinski definition) is 4. The van der Waals surface area contributed by atoms with Crippen molar-refractivity contribution in [3.05, 3.63) is 87.6 Å². The van der Waals surface area contributed by atoms with Gasteiger partial charge in [-0.3, -0.25) is 15.0 Å². The highest BCUT2D eigenvalue weighted by atomic mass is 16.2. The van der Waals surface area contributed by atoms with Crippen molar-refractivity contribution in [2.45, 2.75) is 20.8 Å². The van der Waals surface area contributed by atoms with Crippen LogP contribution in [0.2, 0.25) is 0 Å². The fourth-order valence-corrected chi connectivity index (χ4v) is 3.15. The first-order valence-corrected chi connectivity index (χ1v) is 8.84. The Hall–Kier alpha value is -3.74. The van der Waals surface area contributed by atoms with E-state index in [4.69, 9.17) is 0 Å². The lowest BCUT2D eigenvalue weighted by Gasteiger charge is -2.09. The van der Waals surface area contributed by atoms with Gasteiger partial charge in [0.1, 0.15) is 11.7 Å². The molecule has 0 saturated carbocycles. The van der Waals surface area contributed by atoms with Crippen molar-refractivity contribution in [3.63, 3.8) is 0 Å². The Bertz CT molecular complexity index is 1230. The summed E-state index contributed by atoms with van der Waals surface area (Å²) in [5, 5.41) is 4.61. The highest BCUT2D eigenvalue weighted by molar-refractivity contribution is 6.00. The third-order valence-corrected chi connectivity index (χ3v) is 4.47. The summed E-state index contributed by atoms with van der Waals surface area (Å²) in [4.78, 5) is 29.7. The molecule has 2 heterocycles. The largest absolute Gasteiger partial charge is 0.283 e. The zero-order valence-corrected chi connectivity index (χ0v) is 15.8. The van der Waals surface area contributed by atoms with Gasteiger partial charge in [0.15, 0.2) is 5.65 Å². The fourth-order valence-electron chi connectivity index (χ4n) is 3.15. The van der Waals surface area contributed by atoms with Gasteiger partial charge in [-0.05, 0) is 45.0 Å². The minimum absolute atomic E-state index is 0.323. The number of rotatable bonds is 3. The molecule has 1 amide bonds. The highest BCUT2D eigenvalue weighted by Crippen LogP contribution is 2.14. The van der Waals surface area contributed by atoms with Crippen molar-refractivity contribution in [1.29, 1.82) is 0 Å². The van der Waals surface area contributed by atoms with Gasteiger partial charge >= 0.3 is 0 Å². The zero-order chi connectivity index (χ0) is 19.8. The van der Waals surface area contributed by atoms with E-state index in [0.29, 0.717) is 16.6 Å². The summed E-state index contributed by atoms with van der Waals surface area (Å²) < 4.78 is 2.69. The third kappa shape index (κ3) is 3.18. The molecule has 0 aliphatic heterocycles. The molecule has 0 unspecified atom stereocenters. The van der Waals surface area contributed by atoms with Crippen LogP contribution in [0.3, 0.4) is 0 Å². The molecule has 0 aliphatic rings. The molecule has 0 spiro atoms. The lowest BCUT2D eigenvalue weighted by atomic mass is 10.1. The molecule has 28 heavy (non-hydrogen) atoms. The summed E-state index contributed by atoms with van der Waals surface area (Å²) >= 11 is 0. The lowest BCUT2D eigenvalue weighted by Crippen LogP contribution is -2.33. The first kappa shape index (κ1) is 17.7. The standard InChI is InChI=1S/C21H19N5O2/c1-13-4-6-17(7-5-13)26-19-18(11-23-26)21(28)25(12-22-19)24-20(27)16-9-14(2)8-15(3)10-16/h4-12H,1-3H3,(H,24,27). The van der Waals surface area contributed by atoms with E-state index in [0.717, 1.165) is 27.1 Å². The Balaban J connectivity index is 1.70. The summed E-state index contributed by atoms with van der Waals surface area (Å²) in [6.45, 7) is 5.84. The second-order valence-electron chi connectivity index (χ2n) is 6.87. The quantitative estimate of drug-likeness (QED) is 0.599. The van der Waals surface area contributed by atoms with Crippen LogP contribution in [-0.4, -0.2) is 25.3 Å². The van der Waals surface area contributed by atoms with Gasteiger partial charge in [-0.2, -0.15) is 5.10 Å². The molecular weight excluding hydrogens is 354 g/mol. The van der Waals surface area contributed by atoms with Crippen LogP contribution in [0.5, 0.6) is 0 Å². The number of fused-ring (bicyclic) bond motifs is 1. The molecule has 4 rings (SSSR count). The van der Waals surface area contributed by atoms with Gasteiger partial charge in [-0.15, -0.1) is 0 Å². The Morgan fingerprint density at radius 1 is 0.964 bits per heavy atom. The van der Waals surface area contributed by atoms with E-state index in [-0.39, 0.29) is 11.5 Å². The van der Waals surface area contributed by atoms with Crippen molar-refractivity contribution in [2.24, 2.45) is 0 Å². The van der Waals surface area contributed by atoms with Crippen molar-refractivity contribution in [1.82, 2.24) is 19.4 Å². The van der Waals surface area contributed by atoms with Gasteiger partial charge < -0.3 is 0 Å². The molecule has 0 atom stereocenters. The normalized spacial score (nSPS) is 11.0. The Morgan fingerprint density at radius 2 is 1.64 bits per heavy atom. The zero-order valence-electron chi connectivity index (χ0n) is 15.8. The predicted octanol–water partition coefficient (Wildman–Crippen LogP) is 2.89. The summed E-state index contributed by atoms with van der Waals surface area (Å²) in [5.41, 5.74) is 7.02. The Labute approximate surface area is 161 Å². The van der Waals surface area contributed by atoms with Crippen LogP contribution in [-0.2, 0) is 0 Å². The van der Waals surface area contributed by atoms with E-state index >= 15 is 0 Å². The van der Waals surface area contributed by atoms with E-state index in [9.17, 15) is 9.59 Å². The monoisotopic (exact) mass is 373 g/mol. The van der Waals surface area contributed by atoms with Crippen LogP contribution in [0.25, 0.3) is 16.7 Å². The SMILES string of the molecule is Cc1ccc(-n2ncc3c(=O)n(NC(=O)c4cc(C)cc(C)c4)cnc32)cc1. The number of hydrogen-bond donors (Lipinski definition) is 1. The van der Waals surface area contributed by atoms with Crippen LogP contribution in [0.15, 0.2) is 59.8 Å². The molecule has 2 aromatic heterocycles. The van der Waals surface area contributed by atoms with E-state index in [1.165, 1.54) is 12.5 Å². The summed E-state index contributed by atoms with van der Waals surface area (Å²) in [7, 11) is 0. The van der Waals surface area contributed by atoms with Crippen LogP contribution in [0, 0.1) is 20.8 Å². The van der Waals surface area contributed by atoms with Crippen molar-refractivity contribution >= 4 is 16.9 Å². The van der Waals surface area contributed by atoms with E-state index < -0.39 is 0 Å². The van der Waals surface area contributed by atoms with Gasteiger partial charge in [0.05, 0.1) is 11.9 Å². The molecule has 0 saturated heterocycles. The van der Waals surface area contributed by atoms with Gasteiger partial charge in [0, 0.05) is 5.56 Å². The first-order valence-electron chi connectivity index (χ1n) is 8.84. The average Bonchev–Trinajstić information content (AvgIpc) is 3.08. The third-order valence-electron chi connectivity index (χ3n) is 4.47. The molecule has 0 aliphatic carbocycles. The number of aromatic nitrogens is 4. The van der Waals surface area contributed by atoms with E-state index in [2.05, 4.69) is 15.5 Å². The second kappa shape index (κ2) is 6.77. The van der Waals surface area contributed by atoms with E-state index in [1.54, 1.807) is 16.8 Å². The van der Waals surface area contributed by atoms with Crippen LogP contribution >= 0.6 is 0 Å². The average molecular weight is 373 g/mol. The topological polar surface area (TPSA) is 81.8 Å². The van der Waals surface area contributed by atoms with Crippen LogP contribution in [0.4, 0.5) is 0 Å². The fraction of sp³-hybridized carbons (Fsp3) is 0.143. The number of aryl methyl sites for hydroxylation is 3. The molecule has 4 aromatic rings. The van der Waals surface area contributed by atoms with Gasteiger partial charge in [-0.1, -0.05) is 34.9 Å². The molecule has 0 fully saturated rings. The minimum Gasteiger partial charge on any atom is -0.267 e. The molecule has 0 bridgehead atoms. The Morgan fingerprint density at radius 3 is 2.32 bits per heavy atom. The maximum atomic E-state index is 12.8. The number of nitrogens with one attached hydrogen (secondary N) is 1. The van der Waals surface area contributed by atoms with Crippen molar-refractivity contribution < 1.29 is 4.79 Å². The van der Waals surface area contributed by atoms with Crippen LogP contribution in [0.1, 0.15) is 27.0 Å². The summed E-state index contributed by atoms with van der Waals surface area (Å²) in [5.74, 6) is -0.374. The molecule has 2 aromatic carbocycles. The number of carbonyl (C=O) groups is 1. The summed E-state index contributed by atoms with van der Waals surface area (Å²) in [6.07, 6.45) is 2.77. The number of nitrogens with zero attached hydrogens (tertiary/aromatic N) is 4. The lowest BCUT2D eigenvalue weighted by molar-refractivity contribution is 0.101. The van der Waals surface area contributed by atoms with Crippen molar-refractivity contribution in [2.75, 3.05) is 5.43 Å². The molecule has 0 radical (unpaired) electrons. The maximum absolute atomic E-state index is 12.8. The number of amides is 1. The van der Waals surface area contributed by atoms with Crippen LogP contribution < -0.4 is 11.0 Å². The predicted molar refractivity (Wildman–Crippen MR) is 107 cm³/mol. The van der Waals surface area contributed by atoms with Crippen molar-refractivity contribution in [3.8, 4) is 5.69 Å². The highest BCUT2D eigenvalue weighted by Gasteiger charge is 2.14. The van der Waals surface area contributed by atoms with Gasteiger partial charge in [0.25, 0.3) is 11.5 Å². The van der Waals surface area contributed by atoms with E-state index in [1.807, 2.05) is 51.1 Å². The number of benzene rings is 2. The maximum Gasteiger partial charge on any atom is 0.283 e. The number of carbonyl (C=O) groups excluding carboxylic acids is 1. The van der Waals surface area contributed by atoms with Gasteiger partial charge in [-0.25, -0.2) is 14.3 Å². The minimum atomic E-state index is -0.388. The smallest absolute Gasteiger partial charge is 0.267 e. The molecule has 1 N–H and O–H groups in total. The molecule has 140 valence electrons. The first-order chi connectivity index (χ1) is 13.4. The second-order valence-corrected chi connectivity index (χ2v) is 6.87. The molecular formula is C21H19N5O2. The molecule has 7 heteroatoms. The molecule has 7 nitrogen and oxygen atoms in total. The summed E-state index contributed by atoms with van der Waals surface area (Å²) in [6, 6.07) is 13.3. The Kier molecular flexibility index (Phi) is 4.27. The van der Waals surface area contributed by atoms with Gasteiger partial charge in [0.2, 0.25) is 0 Å².